The first-order valence-electron chi connectivity index (χ1n) is 4.07. The molecule has 1 saturated carbocycles. The van der Waals surface area contributed by atoms with Gasteiger partial charge in [-0.1, -0.05) is 5.16 Å². The zero-order valence-corrected chi connectivity index (χ0v) is 7.18. The topological polar surface area (TPSA) is 35.6 Å². The van der Waals surface area contributed by atoms with Crippen molar-refractivity contribution in [3.05, 3.63) is 0 Å². The molecule has 62 valence electrons. The zero-order chi connectivity index (χ0) is 8.10. The van der Waals surface area contributed by atoms with Crippen LogP contribution in [0.1, 0.15) is 32.6 Å². The molecule has 0 aliphatic heterocycles. The van der Waals surface area contributed by atoms with Crippen LogP contribution in [-0.2, 0) is 4.84 Å². The van der Waals surface area contributed by atoms with Gasteiger partial charge in [0.1, 0.15) is 7.05 Å². The Morgan fingerprint density at radius 2 is 2.09 bits per heavy atom. The van der Waals surface area contributed by atoms with Gasteiger partial charge in [-0.05, 0) is 25.7 Å². The Labute approximate surface area is 67.1 Å². The summed E-state index contributed by atoms with van der Waals surface area (Å²) in [5.74, 6) is 0.754. The second-order valence-corrected chi connectivity index (χ2v) is 2.76. The maximum absolute atomic E-state index is 5.07. The van der Waals surface area contributed by atoms with Crippen molar-refractivity contribution in [2.45, 2.75) is 32.6 Å². The maximum Gasteiger partial charge on any atom is 0.358 e. The third-order valence-electron chi connectivity index (χ3n) is 1.84. The van der Waals surface area contributed by atoms with Gasteiger partial charge in [0.25, 0.3) is 0 Å². The number of oxime groups is 1. The molecule has 1 aliphatic rings. The third kappa shape index (κ3) is 2.70. The minimum Gasteiger partial charge on any atom is -0.298 e. The second-order valence-electron chi connectivity index (χ2n) is 2.76. The SMILES string of the molecule is C[NH+]=C(C)ON=C1CCCC1. The van der Waals surface area contributed by atoms with E-state index in [-0.39, 0.29) is 0 Å². The number of nitrogens with zero attached hydrogens (tertiary/aromatic N) is 1. The van der Waals surface area contributed by atoms with E-state index in [0.29, 0.717) is 0 Å². The van der Waals surface area contributed by atoms with Crippen molar-refractivity contribution >= 4 is 11.6 Å². The molecule has 0 bridgehead atoms. The lowest BCUT2D eigenvalue weighted by molar-refractivity contribution is -0.432. The Morgan fingerprint density at radius 1 is 1.45 bits per heavy atom. The molecule has 0 saturated heterocycles. The van der Waals surface area contributed by atoms with E-state index in [9.17, 15) is 0 Å². The molecule has 0 aromatic rings. The predicted molar refractivity (Wildman–Crippen MR) is 44.6 cm³/mol. The van der Waals surface area contributed by atoms with Crippen LogP contribution in [-0.4, -0.2) is 18.7 Å². The average molecular weight is 155 g/mol. The van der Waals surface area contributed by atoms with E-state index in [1.54, 1.807) is 0 Å². The van der Waals surface area contributed by atoms with Gasteiger partial charge in [0.05, 0.1) is 12.6 Å². The Bertz CT molecular complexity index is 177. The molecule has 1 rings (SSSR count). The highest BCUT2D eigenvalue weighted by Crippen LogP contribution is 2.14. The molecule has 3 heteroatoms. The van der Waals surface area contributed by atoms with Gasteiger partial charge in [-0.25, -0.2) is 4.99 Å². The van der Waals surface area contributed by atoms with Crippen molar-refractivity contribution in [2.75, 3.05) is 7.05 Å². The van der Waals surface area contributed by atoms with Crippen LogP contribution in [0.2, 0.25) is 0 Å². The molecule has 1 aliphatic carbocycles. The lowest BCUT2D eigenvalue weighted by Gasteiger charge is -1.92. The highest BCUT2D eigenvalue weighted by atomic mass is 16.6. The molecular formula is C8H15N2O+. The van der Waals surface area contributed by atoms with Gasteiger partial charge < -0.3 is 0 Å². The first-order valence-corrected chi connectivity index (χ1v) is 4.07. The summed E-state index contributed by atoms with van der Waals surface area (Å²) in [7, 11) is 1.82. The summed E-state index contributed by atoms with van der Waals surface area (Å²) < 4.78 is 0. The quantitative estimate of drug-likeness (QED) is 0.324. The molecule has 0 radical (unpaired) electrons. The molecule has 0 spiro atoms. The van der Waals surface area contributed by atoms with Crippen molar-refractivity contribution in [2.24, 2.45) is 5.16 Å². The van der Waals surface area contributed by atoms with Crippen LogP contribution >= 0.6 is 0 Å². The minimum atomic E-state index is 0.754. The molecule has 0 aromatic heterocycles. The normalized spacial score (nSPS) is 18.7. The van der Waals surface area contributed by atoms with Crippen molar-refractivity contribution in [1.29, 1.82) is 0 Å². The molecule has 1 fully saturated rings. The number of hydrogen-bond donors (Lipinski definition) is 1. The average Bonchev–Trinajstić information content (AvgIpc) is 2.52. The molecule has 1 N–H and O–H groups in total. The van der Waals surface area contributed by atoms with Gasteiger partial charge in [0.2, 0.25) is 0 Å². The summed E-state index contributed by atoms with van der Waals surface area (Å²) in [5.41, 5.74) is 1.19. The van der Waals surface area contributed by atoms with Crippen molar-refractivity contribution < 1.29 is 9.83 Å². The van der Waals surface area contributed by atoms with Gasteiger partial charge in [0.15, 0.2) is 0 Å². The fourth-order valence-corrected chi connectivity index (χ4v) is 1.05. The minimum absolute atomic E-state index is 0.754. The smallest absolute Gasteiger partial charge is 0.298 e. The summed E-state index contributed by atoms with van der Waals surface area (Å²) in [4.78, 5) is 7.94. The Hall–Kier alpha value is -0.860. The van der Waals surface area contributed by atoms with E-state index in [1.165, 1.54) is 18.6 Å². The van der Waals surface area contributed by atoms with E-state index in [1.807, 2.05) is 14.0 Å². The molecule has 0 aromatic carbocycles. The van der Waals surface area contributed by atoms with Crippen LogP contribution in [0.5, 0.6) is 0 Å². The van der Waals surface area contributed by atoms with Gasteiger partial charge >= 0.3 is 5.90 Å². The van der Waals surface area contributed by atoms with Crippen LogP contribution in [0, 0.1) is 0 Å². The number of nitrogens with one attached hydrogen (secondary N) is 1. The molecule has 3 nitrogen and oxygen atoms in total. The zero-order valence-electron chi connectivity index (χ0n) is 7.18. The van der Waals surface area contributed by atoms with E-state index in [0.717, 1.165) is 18.7 Å². The molecular weight excluding hydrogens is 140 g/mol. The van der Waals surface area contributed by atoms with E-state index >= 15 is 0 Å². The molecule has 11 heavy (non-hydrogen) atoms. The van der Waals surface area contributed by atoms with Crippen LogP contribution in [0.25, 0.3) is 0 Å². The van der Waals surface area contributed by atoms with Crippen LogP contribution in [0.4, 0.5) is 0 Å². The molecule has 0 heterocycles. The maximum atomic E-state index is 5.07. The van der Waals surface area contributed by atoms with Crippen molar-refractivity contribution in [3.63, 3.8) is 0 Å². The monoisotopic (exact) mass is 155 g/mol. The van der Waals surface area contributed by atoms with Gasteiger partial charge in [0, 0.05) is 0 Å². The Morgan fingerprint density at radius 3 is 2.64 bits per heavy atom. The van der Waals surface area contributed by atoms with Crippen molar-refractivity contribution in [1.82, 2.24) is 0 Å². The second kappa shape index (κ2) is 4.11. The Kier molecular flexibility index (Phi) is 3.08. The fourth-order valence-electron chi connectivity index (χ4n) is 1.05. The third-order valence-corrected chi connectivity index (χ3v) is 1.84. The van der Waals surface area contributed by atoms with Gasteiger partial charge in [-0.15, -0.1) is 0 Å². The van der Waals surface area contributed by atoms with E-state index in [4.69, 9.17) is 4.84 Å². The van der Waals surface area contributed by atoms with Crippen LogP contribution in [0.3, 0.4) is 0 Å². The number of hydrogen-bond acceptors (Lipinski definition) is 2. The summed E-state index contributed by atoms with van der Waals surface area (Å²) >= 11 is 0. The van der Waals surface area contributed by atoms with Gasteiger partial charge in [-0.2, -0.15) is 0 Å². The summed E-state index contributed by atoms with van der Waals surface area (Å²) in [6.07, 6.45) is 4.75. The standard InChI is InChI=1S/C8H14N2O/c1-7(9-2)11-10-8-5-3-4-6-8/h3-6H2,1-2H3/p+1. The van der Waals surface area contributed by atoms with Crippen LogP contribution in [0.15, 0.2) is 5.16 Å². The Balaban J connectivity index is 2.34. The number of rotatable bonds is 1. The molecule has 0 amide bonds. The highest BCUT2D eigenvalue weighted by Gasteiger charge is 2.08. The van der Waals surface area contributed by atoms with Crippen molar-refractivity contribution in [3.8, 4) is 0 Å². The van der Waals surface area contributed by atoms with E-state index in [2.05, 4.69) is 10.1 Å². The van der Waals surface area contributed by atoms with Gasteiger partial charge in [-0.3, -0.25) is 4.84 Å². The molecule has 0 unspecified atom stereocenters. The summed E-state index contributed by atoms with van der Waals surface area (Å²) in [6.45, 7) is 1.86. The lowest BCUT2D eigenvalue weighted by atomic mass is 10.3. The molecule has 0 atom stereocenters. The largest absolute Gasteiger partial charge is 0.358 e. The highest BCUT2D eigenvalue weighted by molar-refractivity contribution is 5.86. The summed E-state index contributed by atoms with van der Waals surface area (Å²) in [6, 6.07) is 0. The van der Waals surface area contributed by atoms with E-state index < -0.39 is 0 Å². The first-order chi connectivity index (χ1) is 5.33. The predicted octanol–water partition coefficient (Wildman–Crippen LogP) is 0.0618. The van der Waals surface area contributed by atoms with Crippen LogP contribution < -0.4 is 4.99 Å². The first kappa shape index (κ1) is 8.24. The summed E-state index contributed by atoms with van der Waals surface area (Å²) in [5, 5.41) is 4.01. The fraction of sp³-hybridized carbons (Fsp3) is 0.750. The lowest BCUT2D eigenvalue weighted by Crippen LogP contribution is -2.67.